The van der Waals surface area contributed by atoms with Crippen LogP contribution in [0.15, 0.2) is 70.6 Å². The summed E-state index contributed by atoms with van der Waals surface area (Å²) < 4.78 is 92.2. The quantitative estimate of drug-likeness (QED) is 0.313. The Morgan fingerprint density at radius 2 is 1.73 bits per heavy atom. The van der Waals surface area contributed by atoms with Crippen molar-refractivity contribution < 1.29 is 35.2 Å². The van der Waals surface area contributed by atoms with Gasteiger partial charge in [0.15, 0.2) is 6.04 Å². The molecule has 2 aromatic carbocycles. The van der Waals surface area contributed by atoms with Crippen molar-refractivity contribution in [1.82, 2.24) is 14.9 Å². The zero-order chi connectivity index (χ0) is 30.8. The molecule has 0 spiro atoms. The van der Waals surface area contributed by atoms with Crippen LogP contribution in [-0.4, -0.2) is 61.2 Å². The summed E-state index contributed by atoms with van der Waals surface area (Å²) in [6.07, 6.45) is -5.79. The van der Waals surface area contributed by atoms with Crippen molar-refractivity contribution in [3.8, 4) is 0 Å². The monoisotopic (exact) mass is 640 g/mol. The molecule has 15 heteroatoms. The second kappa shape index (κ2) is 12.2. The highest BCUT2D eigenvalue weighted by Crippen LogP contribution is 2.35. The number of halogens is 7. The second-order valence-corrected chi connectivity index (χ2v) is 12.7. The number of amidine groups is 1. The minimum atomic E-state index is -5.82. The minimum absolute atomic E-state index is 0.0375. The topological polar surface area (TPSA) is 90.9 Å². The van der Waals surface area contributed by atoms with Crippen molar-refractivity contribution in [2.45, 2.75) is 55.4 Å². The maximum absolute atomic E-state index is 13.5. The average Bonchev–Trinajstić information content (AvgIpc) is 3.22. The van der Waals surface area contributed by atoms with E-state index in [1.54, 1.807) is 41.7 Å². The molecular weight excluding hydrogens is 614 g/mol. The maximum Gasteiger partial charge on any atom is 0.455 e. The number of nitrogens with zero attached hydrogens (tertiary/aromatic N) is 2. The fraction of sp³-hybridized carbons (Fsp3) is 0.385. The number of carbonyl (C=O) groups is 1. The number of carbonyl (C=O) groups excluding carboxylic acids is 1. The van der Waals surface area contributed by atoms with Gasteiger partial charge in [-0.15, -0.1) is 0 Å². The van der Waals surface area contributed by atoms with Crippen molar-refractivity contribution in [2.24, 2.45) is 4.99 Å². The largest absolute Gasteiger partial charge is 0.455 e. The van der Waals surface area contributed by atoms with Crippen molar-refractivity contribution in [2.75, 3.05) is 13.1 Å². The molecule has 0 bridgehead atoms. The maximum atomic E-state index is 13.5. The first-order chi connectivity index (χ1) is 18.8. The molecule has 0 aliphatic carbocycles. The molecule has 0 aromatic heterocycles. The first-order valence-corrected chi connectivity index (χ1v) is 14.3. The molecule has 1 atom stereocenters. The Bertz CT molecular complexity index is 1430. The molecule has 0 fully saturated rings. The van der Waals surface area contributed by atoms with Gasteiger partial charge < -0.3 is 10.6 Å². The Kier molecular flexibility index (Phi) is 9.78. The molecule has 1 aliphatic heterocycles. The number of benzene rings is 2. The van der Waals surface area contributed by atoms with Gasteiger partial charge in [-0.2, -0.15) is 26.3 Å². The highest BCUT2D eigenvalue weighted by Gasteiger charge is 2.57. The Morgan fingerprint density at radius 3 is 2.32 bits per heavy atom. The third kappa shape index (κ3) is 7.76. The summed E-state index contributed by atoms with van der Waals surface area (Å²) in [5.41, 5.74) is -0.308. The fourth-order valence-corrected chi connectivity index (χ4v) is 5.67. The Labute approximate surface area is 244 Å². The Morgan fingerprint density at radius 1 is 1.10 bits per heavy atom. The first-order valence-electron chi connectivity index (χ1n) is 12.1. The van der Waals surface area contributed by atoms with Crippen LogP contribution in [-0.2, 0) is 21.4 Å². The van der Waals surface area contributed by atoms with E-state index in [0.717, 1.165) is 0 Å². The molecular formula is C26H27Cl2F5N4O3S. The molecule has 0 unspecified atom stereocenters. The molecule has 0 saturated carbocycles. The zero-order valence-corrected chi connectivity index (χ0v) is 24.2. The molecule has 224 valence electrons. The lowest BCUT2D eigenvalue weighted by Gasteiger charge is -2.27. The SMILES string of the molecule is C=C(CCN(Cc1ccc(Cl)c(Cl)c1)S(=O)(=O)c1ccccc1)C1=N[C@@H](C(=O)NCC(F)(F)C(F)(F)F)C(C)(C)N1. The van der Waals surface area contributed by atoms with E-state index in [2.05, 4.69) is 16.9 Å². The van der Waals surface area contributed by atoms with Gasteiger partial charge in [-0.1, -0.05) is 54.0 Å². The van der Waals surface area contributed by atoms with E-state index in [9.17, 15) is 35.2 Å². The Hall–Kier alpha value is -2.74. The van der Waals surface area contributed by atoms with Gasteiger partial charge in [0.05, 0.1) is 27.0 Å². The van der Waals surface area contributed by atoms with Crippen molar-refractivity contribution in [1.29, 1.82) is 0 Å². The van der Waals surface area contributed by atoms with Crippen LogP contribution >= 0.6 is 23.2 Å². The predicted molar refractivity (Wildman–Crippen MR) is 147 cm³/mol. The van der Waals surface area contributed by atoms with Crippen LogP contribution in [0.5, 0.6) is 0 Å². The van der Waals surface area contributed by atoms with E-state index in [1.807, 2.05) is 0 Å². The van der Waals surface area contributed by atoms with Crippen LogP contribution in [0.2, 0.25) is 10.0 Å². The van der Waals surface area contributed by atoms with E-state index in [-0.39, 0.29) is 40.8 Å². The second-order valence-electron chi connectivity index (χ2n) is 9.90. The summed E-state index contributed by atoms with van der Waals surface area (Å²) in [6.45, 7) is 4.87. The smallest absolute Gasteiger partial charge is 0.363 e. The van der Waals surface area contributed by atoms with E-state index in [4.69, 9.17) is 23.2 Å². The molecule has 0 radical (unpaired) electrons. The predicted octanol–water partition coefficient (Wildman–Crippen LogP) is 5.59. The van der Waals surface area contributed by atoms with Crippen LogP contribution in [0.4, 0.5) is 22.0 Å². The van der Waals surface area contributed by atoms with Crippen LogP contribution in [0, 0.1) is 0 Å². The number of hydrogen-bond donors (Lipinski definition) is 2. The number of aliphatic imine (C=N–C) groups is 1. The molecule has 2 N–H and O–H groups in total. The standard InChI is InChI=1S/C26H27Cl2F5N4O3S/c1-16(22-35-21(24(2,3)36-22)23(38)34-15-25(29,30)26(31,32)33)11-12-37(14-17-9-10-19(27)20(28)13-17)41(39,40)18-7-5-4-6-8-18/h4-10,13,21H,1,11-12,14-15H2,2-3H3,(H,34,38)(H,35,36)/t21-/m0/s1. The highest BCUT2D eigenvalue weighted by atomic mass is 35.5. The van der Waals surface area contributed by atoms with Gasteiger partial charge in [-0.25, -0.2) is 8.42 Å². The summed E-state index contributed by atoms with van der Waals surface area (Å²) in [4.78, 5) is 16.7. The molecule has 1 amide bonds. The zero-order valence-electron chi connectivity index (χ0n) is 21.9. The number of sulfonamides is 1. The van der Waals surface area contributed by atoms with Gasteiger partial charge >= 0.3 is 12.1 Å². The van der Waals surface area contributed by atoms with Crippen molar-refractivity contribution in [3.63, 3.8) is 0 Å². The average molecular weight is 641 g/mol. The van der Waals surface area contributed by atoms with E-state index in [0.29, 0.717) is 10.6 Å². The number of hydrogen-bond acceptors (Lipinski definition) is 5. The van der Waals surface area contributed by atoms with E-state index < -0.39 is 46.2 Å². The summed E-state index contributed by atoms with van der Waals surface area (Å²) in [7, 11) is -3.99. The third-order valence-electron chi connectivity index (χ3n) is 6.25. The molecule has 2 aromatic rings. The van der Waals surface area contributed by atoms with Crippen LogP contribution in [0.25, 0.3) is 0 Å². The summed E-state index contributed by atoms with van der Waals surface area (Å²) in [5, 5.41) is 5.09. The van der Waals surface area contributed by atoms with Crippen LogP contribution in [0.1, 0.15) is 25.8 Å². The Balaban J connectivity index is 1.78. The summed E-state index contributed by atoms with van der Waals surface area (Å²) >= 11 is 12.1. The van der Waals surface area contributed by atoms with Gasteiger partial charge in [-0.3, -0.25) is 9.79 Å². The number of alkyl halides is 5. The lowest BCUT2D eigenvalue weighted by Crippen LogP contribution is -2.54. The van der Waals surface area contributed by atoms with Gasteiger partial charge in [0, 0.05) is 13.1 Å². The molecule has 3 rings (SSSR count). The van der Waals surface area contributed by atoms with E-state index >= 15 is 0 Å². The number of rotatable bonds is 11. The van der Waals surface area contributed by atoms with Gasteiger partial charge in [-0.05, 0) is 55.7 Å². The van der Waals surface area contributed by atoms with Gasteiger partial charge in [0.25, 0.3) is 0 Å². The van der Waals surface area contributed by atoms with Gasteiger partial charge in [0.2, 0.25) is 15.9 Å². The van der Waals surface area contributed by atoms with E-state index in [1.165, 1.54) is 30.3 Å². The summed E-state index contributed by atoms with van der Waals surface area (Å²) in [5.74, 6) is -6.15. The van der Waals surface area contributed by atoms with Gasteiger partial charge in [0.1, 0.15) is 5.84 Å². The first kappa shape index (κ1) is 32.8. The molecule has 41 heavy (non-hydrogen) atoms. The van der Waals surface area contributed by atoms with Crippen LogP contribution < -0.4 is 10.6 Å². The molecule has 7 nitrogen and oxygen atoms in total. The molecule has 1 aliphatic rings. The molecule has 0 saturated heterocycles. The minimum Gasteiger partial charge on any atom is -0.363 e. The number of nitrogens with one attached hydrogen (secondary N) is 2. The normalized spacial score (nSPS) is 17.2. The number of amides is 1. The highest BCUT2D eigenvalue weighted by molar-refractivity contribution is 7.89. The lowest BCUT2D eigenvalue weighted by atomic mass is 9.95. The summed E-state index contributed by atoms with van der Waals surface area (Å²) in [6, 6.07) is 11.1. The fourth-order valence-electron chi connectivity index (χ4n) is 3.90. The lowest BCUT2D eigenvalue weighted by molar-refractivity contribution is -0.278. The van der Waals surface area contributed by atoms with Crippen molar-refractivity contribution in [3.05, 3.63) is 76.3 Å². The third-order valence-corrected chi connectivity index (χ3v) is 8.85. The molecule has 1 heterocycles. The van der Waals surface area contributed by atoms with Crippen molar-refractivity contribution >= 4 is 45.0 Å². The van der Waals surface area contributed by atoms with Crippen LogP contribution in [0.3, 0.4) is 0 Å².